The van der Waals surface area contributed by atoms with Crippen molar-refractivity contribution in [3.63, 3.8) is 0 Å². The van der Waals surface area contributed by atoms with E-state index in [0.29, 0.717) is 18.8 Å². The number of ether oxygens (including phenoxy) is 1. The average molecular weight is 198 g/mol. The van der Waals surface area contributed by atoms with Gasteiger partial charge in [-0.15, -0.1) is 0 Å². The summed E-state index contributed by atoms with van der Waals surface area (Å²) >= 11 is 0. The molecule has 0 aliphatic carbocycles. The monoisotopic (exact) mass is 198 g/mol. The molecule has 0 saturated carbocycles. The second-order valence-corrected chi connectivity index (χ2v) is 3.12. The topological polar surface area (TPSA) is 29.5 Å². The first-order valence-electron chi connectivity index (χ1n) is 4.79. The van der Waals surface area contributed by atoms with Crippen LogP contribution in [0.25, 0.3) is 0 Å². The first kappa shape index (κ1) is 11.0. The maximum atomic E-state index is 13.0. The second-order valence-electron chi connectivity index (χ2n) is 3.12. The van der Waals surface area contributed by atoms with Gasteiger partial charge in [-0.2, -0.15) is 0 Å². The zero-order chi connectivity index (χ0) is 10.4. The zero-order valence-electron chi connectivity index (χ0n) is 8.29. The van der Waals surface area contributed by atoms with E-state index in [1.165, 1.54) is 12.1 Å². The van der Waals surface area contributed by atoms with E-state index in [1.54, 1.807) is 6.07 Å². The summed E-state index contributed by atoms with van der Waals surface area (Å²) in [6.45, 7) is 2.60. The molecule has 2 nitrogen and oxygen atoms in total. The van der Waals surface area contributed by atoms with Gasteiger partial charge in [-0.05, 0) is 30.5 Å². The molecule has 78 valence electrons. The van der Waals surface area contributed by atoms with Crippen LogP contribution in [0.5, 0.6) is 5.75 Å². The highest BCUT2D eigenvalue weighted by molar-refractivity contribution is 5.29. The van der Waals surface area contributed by atoms with Gasteiger partial charge in [0.05, 0.1) is 6.61 Å². The predicted molar refractivity (Wildman–Crippen MR) is 53.0 cm³/mol. The van der Waals surface area contributed by atoms with Crippen molar-refractivity contribution >= 4 is 0 Å². The summed E-state index contributed by atoms with van der Waals surface area (Å²) < 4.78 is 18.3. The summed E-state index contributed by atoms with van der Waals surface area (Å²) in [5, 5.41) is 8.71. The highest BCUT2D eigenvalue weighted by Gasteiger charge is 2.01. The Morgan fingerprint density at radius 2 is 2.14 bits per heavy atom. The Morgan fingerprint density at radius 3 is 2.79 bits per heavy atom. The van der Waals surface area contributed by atoms with Crippen molar-refractivity contribution in [3.05, 3.63) is 29.6 Å². The highest BCUT2D eigenvalue weighted by atomic mass is 19.1. The lowest BCUT2D eigenvalue weighted by atomic mass is 10.1. The lowest BCUT2D eigenvalue weighted by Crippen LogP contribution is -1.98. The standard InChI is InChI=1S/C11H15FO2/c1-2-5-14-11-7-9(3-4-13)6-10(12)8-11/h6-8,13H,2-5H2,1H3. The van der Waals surface area contributed by atoms with Gasteiger partial charge in [0.25, 0.3) is 0 Å². The summed E-state index contributed by atoms with van der Waals surface area (Å²) in [7, 11) is 0. The number of hydrogen-bond acceptors (Lipinski definition) is 2. The molecule has 3 heteroatoms. The quantitative estimate of drug-likeness (QED) is 0.785. The zero-order valence-corrected chi connectivity index (χ0v) is 8.29. The summed E-state index contributed by atoms with van der Waals surface area (Å²) in [6, 6.07) is 4.53. The molecule has 1 rings (SSSR count). The smallest absolute Gasteiger partial charge is 0.127 e. The summed E-state index contributed by atoms with van der Waals surface area (Å²) in [4.78, 5) is 0. The third-order valence-corrected chi connectivity index (χ3v) is 1.80. The van der Waals surface area contributed by atoms with E-state index in [2.05, 4.69) is 0 Å². The minimum Gasteiger partial charge on any atom is -0.493 e. The molecule has 0 heterocycles. The molecule has 1 aromatic carbocycles. The van der Waals surface area contributed by atoms with Gasteiger partial charge in [0.1, 0.15) is 11.6 Å². The van der Waals surface area contributed by atoms with E-state index in [4.69, 9.17) is 9.84 Å². The van der Waals surface area contributed by atoms with Crippen LogP contribution in [0.2, 0.25) is 0 Å². The Kier molecular flexibility index (Phi) is 4.40. The van der Waals surface area contributed by atoms with Crippen LogP contribution in [0.4, 0.5) is 4.39 Å². The normalized spacial score (nSPS) is 10.2. The molecule has 0 saturated heterocycles. The molecule has 0 aliphatic heterocycles. The van der Waals surface area contributed by atoms with E-state index in [-0.39, 0.29) is 12.4 Å². The lowest BCUT2D eigenvalue weighted by Gasteiger charge is -2.06. The van der Waals surface area contributed by atoms with E-state index in [9.17, 15) is 4.39 Å². The van der Waals surface area contributed by atoms with E-state index in [1.807, 2.05) is 6.92 Å². The highest BCUT2D eigenvalue weighted by Crippen LogP contribution is 2.16. The van der Waals surface area contributed by atoms with Gasteiger partial charge in [0.15, 0.2) is 0 Å². The SMILES string of the molecule is CCCOc1cc(F)cc(CCO)c1. The number of hydrogen-bond donors (Lipinski definition) is 1. The molecule has 0 atom stereocenters. The van der Waals surface area contributed by atoms with Crippen molar-refractivity contribution in [3.8, 4) is 5.75 Å². The van der Waals surface area contributed by atoms with Crippen molar-refractivity contribution in [2.45, 2.75) is 19.8 Å². The molecule has 0 amide bonds. The fourth-order valence-corrected chi connectivity index (χ4v) is 1.20. The van der Waals surface area contributed by atoms with E-state index < -0.39 is 0 Å². The van der Waals surface area contributed by atoms with Crippen molar-refractivity contribution in [1.29, 1.82) is 0 Å². The Morgan fingerprint density at radius 1 is 1.36 bits per heavy atom. The van der Waals surface area contributed by atoms with Crippen LogP contribution in [0.3, 0.4) is 0 Å². The van der Waals surface area contributed by atoms with Gasteiger partial charge in [-0.1, -0.05) is 6.92 Å². The van der Waals surface area contributed by atoms with Crippen LogP contribution >= 0.6 is 0 Å². The number of rotatable bonds is 5. The summed E-state index contributed by atoms with van der Waals surface area (Å²) in [6.07, 6.45) is 1.35. The molecular weight excluding hydrogens is 183 g/mol. The van der Waals surface area contributed by atoms with Crippen molar-refractivity contribution < 1.29 is 14.2 Å². The molecular formula is C11H15FO2. The number of aliphatic hydroxyl groups excluding tert-OH is 1. The van der Waals surface area contributed by atoms with Gasteiger partial charge in [-0.25, -0.2) is 4.39 Å². The molecule has 0 unspecified atom stereocenters. The fourth-order valence-electron chi connectivity index (χ4n) is 1.20. The van der Waals surface area contributed by atoms with Crippen molar-refractivity contribution in [2.75, 3.05) is 13.2 Å². The van der Waals surface area contributed by atoms with Crippen LogP contribution in [0.15, 0.2) is 18.2 Å². The first-order chi connectivity index (χ1) is 6.76. The summed E-state index contributed by atoms with van der Waals surface area (Å²) in [5.41, 5.74) is 0.763. The lowest BCUT2D eigenvalue weighted by molar-refractivity contribution is 0.297. The van der Waals surface area contributed by atoms with Crippen LogP contribution in [-0.2, 0) is 6.42 Å². The maximum absolute atomic E-state index is 13.0. The maximum Gasteiger partial charge on any atom is 0.127 e. The molecule has 1 aromatic rings. The van der Waals surface area contributed by atoms with Gasteiger partial charge >= 0.3 is 0 Å². The number of benzene rings is 1. The van der Waals surface area contributed by atoms with Gasteiger partial charge < -0.3 is 9.84 Å². The predicted octanol–water partition coefficient (Wildman–Crippen LogP) is 2.15. The Balaban J connectivity index is 2.73. The molecule has 0 aromatic heterocycles. The van der Waals surface area contributed by atoms with E-state index >= 15 is 0 Å². The second kappa shape index (κ2) is 5.60. The van der Waals surface area contributed by atoms with Crippen LogP contribution in [0.1, 0.15) is 18.9 Å². The van der Waals surface area contributed by atoms with Crippen LogP contribution in [0, 0.1) is 5.82 Å². The Bertz CT molecular complexity index is 287. The average Bonchev–Trinajstić information content (AvgIpc) is 2.14. The molecule has 0 bridgehead atoms. The largest absolute Gasteiger partial charge is 0.493 e. The fraction of sp³-hybridized carbons (Fsp3) is 0.455. The molecule has 0 radical (unpaired) electrons. The van der Waals surface area contributed by atoms with Gasteiger partial charge in [0, 0.05) is 12.7 Å². The molecule has 0 fully saturated rings. The third kappa shape index (κ3) is 3.34. The van der Waals surface area contributed by atoms with E-state index in [0.717, 1.165) is 12.0 Å². The van der Waals surface area contributed by atoms with Gasteiger partial charge in [0.2, 0.25) is 0 Å². The number of aliphatic hydroxyl groups is 1. The number of halogens is 1. The molecule has 14 heavy (non-hydrogen) atoms. The molecule has 1 N–H and O–H groups in total. The van der Waals surface area contributed by atoms with Crippen LogP contribution < -0.4 is 4.74 Å². The summed E-state index contributed by atoms with van der Waals surface area (Å²) in [5.74, 6) is 0.220. The first-order valence-corrected chi connectivity index (χ1v) is 4.79. The Labute approximate surface area is 83.3 Å². The minimum absolute atomic E-state index is 0.0245. The van der Waals surface area contributed by atoms with Crippen LogP contribution in [-0.4, -0.2) is 18.3 Å². The molecule has 0 aliphatic rings. The van der Waals surface area contributed by atoms with Crippen molar-refractivity contribution in [1.82, 2.24) is 0 Å². The molecule has 0 spiro atoms. The minimum atomic E-state index is -0.318. The Hall–Kier alpha value is -1.09. The van der Waals surface area contributed by atoms with Crippen molar-refractivity contribution in [2.24, 2.45) is 0 Å². The van der Waals surface area contributed by atoms with Gasteiger partial charge in [-0.3, -0.25) is 0 Å². The third-order valence-electron chi connectivity index (χ3n) is 1.80.